The summed E-state index contributed by atoms with van der Waals surface area (Å²) in [4.78, 5) is 0. The molecular weight excluding hydrogens is 336 g/mol. The summed E-state index contributed by atoms with van der Waals surface area (Å²) < 4.78 is 7.62. The molecule has 2 aliphatic carbocycles. The third-order valence-electron chi connectivity index (χ3n) is 5.72. The molecule has 2 aliphatic rings. The summed E-state index contributed by atoms with van der Waals surface area (Å²) >= 11 is 0. The highest BCUT2D eigenvalue weighted by atomic mass is 28.4. The summed E-state index contributed by atoms with van der Waals surface area (Å²) in [5.41, 5.74) is 0. The van der Waals surface area contributed by atoms with E-state index >= 15 is 0 Å². The van der Waals surface area contributed by atoms with Crippen LogP contribution in [0.4, 0.5) is 0 Å². The van der Waals surface area contributed by atoms with Gasteiger partial charge in [-0.05, 0) is 37.0 Å². The number of rotatable bonds is 12. The molecule has 0 aromatic heterocycles. The third-order valence-corrected chi connectivity index (χ3v) is 17.2. The van der Waals surface area contributed by atoms with Crippen LogP contribution in [0.3, 0.4) is 0 Å². The Kier molecular flexibility index (Phi) is 8.17. The molecule has 0 heterocycles. The van der Waals surface area contributed by atoms with Gasteiger partial charge in [0.1, 0.15) is 0 Å². The van der Waals surface area contributed by atoms with Gasteiger partial charge in [0.2, 0.25) is 16.6 Å². The van der Waals surface area contributed by atoms with E-state index in [1.165, 1.54) is 49.9 Å². The Hall–Kier alpha value is -0.646. The van der Waals surface area contributed by atoms with Crippen molar-refractivity contribution in [1.29, 1.82) is 0 Å². The molecule has 1 nitrogen and oxygen atoms in total. The normalized spacial score (nSPS) is 17.3. The van der Waals surface area contributed by atoms with Gasteiger partial charge < -0.3 is 4.12 Å². The first-order valence-corrected chi connectivity index (χ1v) is 15.2. The average molecular weight is 375 g/mol. The van der Waals surface area contributed by atoms with Crippen molar-refractivity contribution in [2.45, 2.75) is 90.4 Å². The maximum Gasteiger partial charge on any atom is 0.208 e. The molecule has 0 saturated heterocycles. The fraction of sp³-hybridized carbons (Fsp3) is 0.636. The summed E-state index contributed by atoms with van der Waals surface area (Å²) in [7, 11) is -3.70. The predicted molar refractivity (Wildman–Crippen MR) is 117 cm³/mol. The second-order valence-electron chi connectivity index (χ2n) is 7.74. The highest BCUT2D eigenvalue weighted by Crippen LogP contribution is 2.42. The van der Waals surface area contributed by atoms with Crippen molar-refractivity contribution in [3.63, 3.8) is 0 Å². The molecule has 3 heteroatoms. The lowest BCUT2D eigenvalue weighted by atomic mass is 10.5. The van der Waals surface area contributed by atoms with Crippen LogP contribution in [0.1, 0.15) is 66.2 Å². The molecule has 140 valence electrons. The molecule has 0 fully saturated rings. The molecule has 0 amide bonds. The maximum absolute atomic E-state index is 7.62. The molecule has 0 spiro atoms. The van der Waals surface area contributed by atoms with Gasteiger partial charge in [-0.3, -0.25) is 0 Å². The Balaban J connectivity index is 2.42. The zero-order chi connectivity index (χ0) is 18.2. The van der Waals surface area contributed by atoms with Crippen molar-refractivity contribution in [1.82, 2.24) is 0 Å². The van der Waals surface area contributed by atoms with Gasteiger partial charge in [-0.25, -0.2) is 0 Å². The number of hydrogen-bond acceptors (Lipinski definition) is 1. The van der Waals surface area contributed by atoms with Gasteiger partial charge in [0.25, 0.3) is 0 Å². The van der Waals surface area contributed by atoms with E-state index in [0.717, 1.165) is 12.8 Å². The van der Waals surface area contributed by atoms with Crippen LogP contribution in [0, 0.1) is 0 Å². The van der Waals surface area contributed by atoms with Crippen molar-refractivity contribution in [2.75, 3.05) is 0 Å². The maximum atomic E-state index is 7.62. The van der Waals surface area contributed by atoms with Crippen LogP contribution in [0.5, 0.6) is 0 Å². The van der Waals surface area contributed by atoms with Crippen molar-refractivity contribution in [2.24, 2.45) is 0 Å². The van der Waals surface area contributed by atoms with E-state index in [0.29, 0.717) is 0 Å². The summed E-state index contributed by atoms with van der Waals surface area (Å²) in [6, 6.07) is 5.21. The second-order valence-corrected chi connectivity index (χ2v) is 15.8. The van der Waals surface area contributed by atoms with Crippen LogP contribution in [0.2, 0.25) is 24.2 Å². The zero-order valence-corrected chi connectivity index (χ0v) is 18.9. The second kappa shape index (κ2) is 9.89. The summed E-state index contributed by atoms with van der Waals surface area (Å²) in [5, 5.41) is 3.35. The number of hydrogen-bond donors (Lipinski definition) is 0. The fourth-order valence-corrected chi connectivity index (χ4v) is 17.3. The van der Waals surface area contributed by atoms with E-state index in [1.807, 2.05) is 0 Å². The summed E-state index contributed by atoms with van der Waals surface area (Å²) in [6.07, 6.45) is 21.3. The molecule has 0 aliphatic heterocycles. The topological polar surface area (TPSA) is 9.23 Å². The average Bonchev–Trinajstić information content (AvgIpc) is 3.30. The minimum absolute atomic E-state index is 1.15. The first kappa shape index (κ1) is 20.7. The van der Waals surface area contributed by atoms with E-state index in [1.54, 1.807) is 10.4 Å². The molecule has 0 atom stereocenters. The van der Waals surface area contributed by atoms with Gasteiger partial charge in [-0.2, -0.15) is 0 Å². The molecule has 0 aromatic rings. The molecule has 0 aromatic carbocycles. The van der Waals surface area contributed by atoms with E-state index in [2.05, 4.69) is 64.2 Å². The Morgan fingerprint density at radius 1 is 0.680 bits per heavy atom. The van der Waals surface area contributed by atoms with E-state index in [9.17, 15) is 0 Å². The van der Waals surface area contributed by atoms with Gasteiger partial charge in [0, 0.05) is 0 Å². The largest absolute Gasteiger partial charge is 0.448 e. The van der Waals surface area contributed by atoms with Gasteiger partial charge in [-0.15, -0.1) is 0 Å². The first-order chi connectivity index (χ1) is 12.2. The molecule has 25 heavy (non-hydrogen) atoms. The van der Waals surface area contributed by atoms with Crippen LogP contribution in [0.25, 0.3) is 0 Å². The molecule has 0 bridgehead atoms. The molecule has 0 unspecified atom stereocenters. The lowest BCUT2D eigenvalue weighted by Gasteiger charge is -2.44. The smallest absolute Gasteiger partial charge is 0.208 e. The fourth-order valence-electron chi connectivity index (χ4n) is 4.79. The minimum Gasteiger partial charge on any atom is -0.448 e. The number of allylic oxidation sites excluding steroid dienone is 8. The molecule has 0 N–H and O–H groups in total. The zero-order valence-electron chi connectivity index (χ0n) is 16.9. The molecular formula is C22H38OSi2. The lowest BCUT2D eigenvalue weighted by Crippen LogP contribution is -2.54. The molecule has 0 radical (unpaired) electrons. The Morgan fingerprint density at radius 3 is 1.28 bits per heavy atom. The van der Waals surface area contributed by atoms with E-state index in [-0.39, 0.29) is 0 Å². The molecule has 0 saturated carbocycles. The highest BCUT2D eigenvalue weighted by molar-refractivity contribution is 6.93. The first-order valence-electron chi connectivity index (χ1n) is 10.6. The monoisotopic (exact) mass is 374 g/mol. The van der Waals surface area contributed by atoms with Crippen LogP contribution in [-0.4, -0.2) is 16.6 Å². The SMILES string of the molecule is CCC[Si](CCC)(O[Si](CCC)(CCC)C1=CC=CC1)C1=CC=CC1. The van der Waals surface area contributed by atoms with Gasteiger partial charge in [0.15, 0.2) is 0 Å². The van der Waals surface area contributed by atoms with Crippen LogP contribution < -0.4 is 0 Å². The molecule has 2 rings (SSSR count). The standard InChI is InChI=1S/C22H38OSi2/c1-5-17-24(18-6-2,21-13-9-10-14-21)23-25(19-7-3,20-8-4)22-15-11-12-16-22/h9-13,15H,5-8,14,16-20H2,1-4H3. The van der Waals surface area contributed by atoms with E-state index in [4.69, 9.17) is 4.12 Å². The predicted octanol–water partition coefficient (Wildman–Crippen LogP) is 7.39. The van der Waals surface area contributed by atoms with Crippen molar-refractivity contribution in [3.8, 4) is 0 Å². The third kappa shape index (κ3) is 4.75. The van der Waals surface area contributed by atoms with Crippen LogP contribution in [0.15, 0.2) is 46.8 Å². The van der Waals surface area contributed by atoms with E-state index < -0.39 is 16.6 Å². The van der Waals surface area contributed by atoms with Crippen molar-refractivity contribution in [3.05, 3.63) is 46.8 Å². The summed E-state index contributed by atoms with van der Waals surface area (Å²) in [5.74, 6) is 0. The van der Waals surface area contributed by atoms with Gasteiger partial charge >= 0.3 is 0 Å². The van der Waals surface area contributed by atoms with Gasteiger partial charge in [0.05, 0.1) is 0 Å². The minimum atomic E-state index is -1.85. The van der Waals surface area contributed by atoms with Crippen molar-refractivity contribution >= 4 is 16.6 Å². The Labute approximate surface area is 158 Å². The quantitative estimate of drug-likeness (QED) is 0.324. The Bertz CT molecular complexity index is 482. The van der Waals surface area contributed by atoms with Crippen molar-refractivity contribution < 1.29 is 4.12 Å². The summed E-state index contributed by atoms with van der Waals surface area (Å²) in [6.45, 7) is 9.40. The lowest BCUT2D eigenvalue weighted by molar-refractivity contribution is 0.511. The van der Waals surface area contributed by atoms with Gasteiger partial charge in [-0.1, -0.05) is 100 Å². The van der Waals surface area contributed by atoms with Crippen LogP contribution in [-0.2, 0) is 4.12 Å². The highest BCUT2D eigenvalue weighted by Gasteiger charge is 2.47. The Morgan fingerprint density at radius 2 is 1.04 bits per heavy atom. The van der Waals surface area contributed by atoms with Crippen LogP contribution >= 0.6 is 0 Å².